The molecule has 0 N–H and O–H groups in total. The van der Waals surface area contributed by atoms with E-state index in [2.05, 4.69) is 29.5 Å². The van der Waals surface area contributed by atoms with Crippen molar-refractivity contribution < 1.29 is 0 Å². The van der Waals surface area contributed by atoms with Gasteiger partial charge in [0, 0.05) is 0 Å². The number of nitrogens with zero attached hydrogens (tertiary/aromatic N) is 2. The molecule has 0 saturated heterocycles. The van der Waals surface area contributed by atoms with E-state index in [1.54, 1.807) is 5.56 Å². The zero-order chi connectivity index (χ0) is 12.7. The number of fused-ring (bicyclic) bond motifs is 3. The zero-order valence-electron chi connectivity index (χ0n) is 11.4. The van der Waals surface area contributed by atoms with Crippen LogP contribution in [-0.4, -0.2) is 8.75 Å². The topological polar surface area (TPSA) is 25.8 Å². The van der Waals surface area contributed by atoms with Crippen LogP contribution in [0.15, 0.2) is 0 Å². The average molecular weight is 260 g/mol. The van der Waals surface area contributed by atoms with E-state index in [9.17, 15) is 0 Å². The van der Waals surface area contributed by atoms with Gasteiger partial charge in [-0.1, -0.05) is 13.3 Å². The minimum atomic E-state index is 0.849. The maximum atomic E-state index is 4.56. The van der Waals surface area contributed by atoms with Gasteiger partial charge < -0.3 is 0 Å². The molecule has 1 aromatic heterocycles. The molecule has 0 spiro atoms. The van der Waals surface area contributed by atoms with Crippen molar-refractivity contribution in [2.24, 2.45) is 5.92 Å². The highest BCUT2D eigenvalue weighted by Gasteiger charge is 2.20. The Morgan fingerprint density at radius 1 is 0.944 bits per heavy atom. The number of rotatable bonds is 0. The van der Waals surface area contributed by atoms with Gasteiger partial charge in [0.05, 0.1) is 11.7 Å². The zero-order valence-corrected chi connectivity index (χ0v) is 12.2. The molecular formula is C15H20N2S. The highest BCUT2D eigenvalue weighted by atomic mass is 32.1. The summed E-state index contributed by atoms with van der Waals surface area (Å²) in [5.74, 6) is 0.849. The van der Waals surface area contributed by atoms with E-state index in [1.165, 1.54) is 66.0 Å². The van der Waals surface area contributed by atoms with Crippen LogP contribution in [0.1, 0.15) is 48.4 Å². The smallest absolute Gasteiger partial charge is 0.108 e. The Morgan fingerprint density at radius 3 is 2.56 bits per heavy atom. The third-order valence-electron chi connectivity index (χ3n) is 4.52. The van der Waals surface area contributed by atoms with Crippen molar-refractivity contribution in [1.29, 1.82) is 0 Å². The van der Waals surface area contributed by atoms with Gasteiger partial charge in [0.25, 0.3) is 0 Å². The molecule has 0 bridgehead atoms. The Balaban J connectivity index is 2.23. The molecule has 0 aliphatic heterocycles. The fourth-order valence-corrected chi connectivity index (χ4v) is 3.80. The third kappa shape index (κ3) is 1.85. The first-order valence-corrected chi connectivity index (χ1v) is 7.64. The van der Waals surface area contributed by atoms with Gasteiger partial charge in [-0.15, -0.1) is 0 Å². The molecule has 1 atom stereocenters. The molecule has 1 aliphatic carbocycles. The summed E-state index contributed by atoms with van der Waals surface area (Å²) in [5, 5.41) is 0. The number of hydrogen-bond acceptors (Lipinski definition) is 3. The van der Waals surface area contributed by atoms with E-state index in [4.69, 9.17) is 0 Å². The van der Waals surface area contributed by atoms with Crippen LogP contribution in [0.3, 0.4) is 0 Å². The molecule has 0 radical (unpaired) electrons. The first-order chi connectivity index (χ1) is 8.68. The summed E-state index contributed by atoms with van der Waals surface area (Å²) >= 11 is 1.36. The van der Waals surface area contributed by atoms with Crippen LogP contribution in [0, 0.1) is 19.8 Å². The van der Waals surface area contributed by atoms with Crippen LogP contribution in [0.4, 0.5) is 0 Å². The lowest BCUT2D eigenvalue weighted by molar-refractivity contribution is 0.463. The van der Waals surface area contributed by atoms with Crippen molar-refractivity contribution in [3.05, 3.63) is 22.3 Å². The molecule has 1 heterocycles. The van der Waals surface area contributed by atoms with Gasteiger partial charge in [0.1, 0.15) is 11.0 Å². The molecule has 0 amide bonds. The molecule has 3 rings (SSSR count). The standard InChI is InChI=1S/C15H20N2S/c1-9-5-4-6-12-10(2)11(3)14-15(17-18-16-14)13(12)8-7-9/h9H,4-8H2,1-3H3/t9-/m0/s1. The highest BCUT2D eigenvalue weighted by molar-refractivity contribution is 7.00. The predicted octanol–water partition coefficient (Wildman–Crippen LogP) is 4.21. The average Bonchev–Trinajstić information content (AvgIpc) is 2.80. The van der Waals surface area contributed by atoms with Gasteiger partial charge in [0.15, 0.2) is 0 Å². The molecule has 2 nitrogen and oxygen atoms in total. The van der Waals surface area contributed by atoms with Gasteiger partial charge in [-0.25, -0.2) is 0 Å². The summed E-state index contributed by atoms with van der Waals surface area (Å²) in [4.78, 5) is 0. The summed E-state index contributed by atoms with van der Waals surface area (Å²) in [7, 11) is 0. The van der Waals surface area contributed by atoms with Gasteiger partial charge in [-0.3, -0.25) is 0 Å². The fraction of sp³-hybridized carbons (Fsp3) is 0.600. The largest absolute Gasteiger partial charge is 0.173 e. The lowest BCUT2D eigenvalue weighted by Gasteiger charge is -2.21. The summed E-state index contributed by atoms with van der Waals surface area (Å²) in [6.45, 7) is 6.83. The minimum Gasteiger partial charge on any atom is -0.173 e. The second-order valence-electron chi connectivity index (χ2n) is 5.70. The Kier molecular flexibility index (Phi) is 3.10. The van der Waals surface area contributed by atoms with E-state index in [0.29, 0.717) is 0 Å². The second-order valence-corrected chi connectivity index (χ2v) is 6.23. The summed E-state index contributed by atoms with van der Waals surface area (Å²) < 4.78 is 9.05. The van der Waals surface area contributed by atoms with E-state index in [-0.39, 0.29) is 0 Å². The van der Waals surface area contributed by atoms with Crippen molar-refractivity contribution in [3.63, 3.8) is 0 Å². The Bertz CT molecular complexity index is 586. The highest BCUT2D eigenvalue weighted by Crippen LogP contribution is 2.33. The normalized spacial score (nSPS) is 20.5. The van der Waals surface area contributed by atoms with Crippen LogP contribution in [0.5, 0.6) is 0 Å². The van der Waals surface area contributed by atoms with E-state index < -0.39 is 0 Å². The molecular weight excluding hydrogens is 240 g/mol. The first kappa shape index (κ1) is 12.1. The molecule has 0 saturated carbocycles. The number of aryl methyl sites for hydroxylation is 2. The molecule has 0 unspecified atom stereocenters. The lowest BCUT2D eigenvalue weighted by atomic mass is 9.84. The van der Waals surface area contributed by atoms with Gasteiger partial charge >= 0.3 is 0 Å². The SMILES string of the molecule is Cc1c2c(c3nsnc3c1C)CC[C@@H](C)CCC2. The molecule has 1 aliphatic rings. The van der Waals surface area contributed by atoms with Crippen molar-refractivity contribution in [2.45, 2.75) is 52.9 Å². The van der Waals surface area contributed by atoms with Crippen LogP contribution in [0.25, 0.3) is 11.0 Å². The van der Waals surface area contributed by atoms with Crippen molar-refractivity contribution >= 4 is 22.8 Å². The molecule has 96 valence electrons. The van der Waals surface area contributed by atoms with Crippen molar-refractivity contribution in [2.75, 3.05) is 0 Å². The summed E-state index contributed by atoms with van der Waals surface area (Å²) in [6, 6.07) is 0. The maximum Gasteiger partial charge on any atom is 0.108 e. The maximum absolute atomic E-state index is 4.56. The summed E-state index contributed by atoms with van der Waals surface area (Å²) in [5.41, 5.74) is 8.19. The van der Waals surface area contributed by atoms with E-state index in [0.717, 1.165) is 11.4 Å². The molecule has 0 fully saturated rings. The van der Waals surface area contributed by atoms with Crippen LogP contribution in [-0.2, 0) is 12.8 Å². The minimum absolute atomic E-state index is 0.849. The Hall–Kier alpha value is -0.960. The van der Waals surface area contributed by atoms with Crippen molar-refractivity contribution in [1.82, 2.24) is 8.75 Å². The molecule has 2 aromatic rings. The van der Waals surface area contributed by atoms with Crippen LogP contribution in [0.2, 0.25) is 0 Å². The number of benzene rings is 1. The van der Waals surface area contributed by atoms with Gasteiger partial charge in [-0.2, -0.15) is 8.75 Å². The first-order valence-electron chi connectivity index (χ1n) is 6.91. The fourth-order valence-electron chi connectivity index (χ4n) is 3.18. The molecule has 18 heavy (non-hydrogen) atoms. The number of aromatic nitrogens is 2. The monoisotopic (exact) mass is 260 g/mol. The van der Waals surface area contributed by atoms with Gasteiger partial charge in [-0.05, 0) is 67.7 Å². The Labute approximate surface area is 113 Å². The second kappa shape index (κ2) is 4.61. The lowest BCUT2D eigenvalue weighted by Crippen LogP contribution is -2.09. The van der Waals surface area contributed by atoms with Crippen molar-refractivity contribution in [3.8, 4) is 0 Å². The van der Waals surface area contributed by atoms with E-state index in [1.807, 2.05) is 0 Å². The number of hydrogen-bond donors (Lipinski definition) is 0. The van der Waals surface area contributed by atoms with Gasteiger partial charge in [0.2, 0.25) is 0 Å². The molecule has 1 aromatic carbocycles. The quantitative estimate of drug-likeness (QED) is 0.709. The van der Waals surface area contributed by atoms with Crippen LogP contribution < -0.4 is 0 Å². The predicted molar refractivity (Wildman–Crippen MR) is 77.3 cm³/mol. The summed E-state index contributed by atoms with van der Waals surface area (Å²) in [6.07, 6.45) is 6.38. The Morgan fingerprint density at radius 2 is 1.72 bits per heavy atom. The molecule has 3 heteroatoms. The van der Waals surface area contributed by atoms with E-state index >= 15 is 0 Å². The third-order valence-corrected chi connectivity index (χ3v) is 5.05. The van der Waals surface area contributed by atoms with Crippen LogP contribution >= 0.6 is 11.7 Å².